The quantitative estimate of drug-likeness (QED) is 0.670. The van der Waals surface area contributed by atoms with Gasteiger partial charge in [-0.1, -0.05) is 30.4 Å². The Morgan fingerprint density at radius 3 is 2.73 bits per heavy atom. The highest BCUT2D eigenvalue weighted by molar-refractivity contribution is 7.93. The minimum Gasteiger partial charge on any atom is -0.245 e. The Hall–Kier alpha value is -1.09. The Kier molecular flexibility index (Phi) is 3.21. The molecule has 0 spiro atoms. The highest BCUT2D eigenvalue weighted by atomic mass is 32.2. The first-order chi connectivity index (χ1) is 7.31. The molecular formula is C12H15NOS. The largest absolute Gasteiger partial charge is 0.245 e. The molecule has 3 heteroatoms. The lowest BCUT2D eigenvalue weighted by Gasteiger charge is -2.11. The SMILES string of the molecule is O=S1(c2ccccc2)=NC/C=C\CCC1. The fraction of sp³-hybridized carbons (Fsp3) is 0.333. The Morgan fingerprint density at radius 1 is 1.13 bits per heavy atom. The number of allylic oxidation sites excluding steroid dienone is 1. The molecule has 2 nitrogen and oxygen atoms in total. The molecule has 0 aliphatic carbocycles. The molecule has 2 rings (SSSR count). The van der Waals surface area contributed by atoms with Gasteiger partial charge in [-0.05, 0) is 25.0 Å². The van der Waals surface area contributed by atoms with Crippen LogP contribution in [0.5, 0.6) is 0 Å². The number of benzene rings is 1. The summed E-state index contributed by atoms with van der Waals surface area (Å²) in [7, 11) is -2.15. The van der Waals surface area contributed by atoms with Crippen LogP contribution < -0.4 is 0 Å². The molecule has 0 amide bonds. The molecule has 1 aromatic carbocycles. The van der Waals surface area contributed by atoms with Crippen molar-refractivity contribution in [2.24, 2.45) is 4.36 Å². The van der Waals surface area contributed by atoms with Crippen molar-refractivity contribution in [1.29, 1.82) is 0 Å². The van der Waals surface area contributed by atoms with Crippen molar-refractivity contribution in [3.63, 3.8) is 0 Å². The fourth-order valence-corrected chi connectivity index (χ4v) is 3.62. The lowest BCUT2D eigenvalue weighted by atomic mass is 10.3. The molecule has 0 radical (unpaired) electrons. The van der Waals surface area contributed by atoms with Crippen molar-refractivity contribution >= 4 is 9.73 Å². The first-order valence-electron chi connectivity index (χ1n) is 5.22. The average Bonchev–Trinajstić information content (AvgIpc) is 2.25. The molecular weight excluding hydrogens is 206 g/mol. The van der Waals surface area contributed by atoms with Crippen molar-refractivity contribution in [3.05, 3.63) is 42.5 Å². The molecule has 15 heavy (non-hydrogen) atoms. The summed E-state index contributed by atoms with van der Waals surface area (Å²) in [5.41, 5.74) is 0. The third kappa shape index (κ3) is 2.48. The Labute approximate surface area is 91.2 Å². The van der Waals surface area contributed by atoms with Gasteiger partial charge in [0, 0.05) is 10.6 Å². The van der Waals surface area contributed by atoms with Gasteiger partial charge in [-0.3, -0.25) is 0 Å². The fourth-order valence-electron chi connectivity index (χ4n) is 1.64. The molecule has 1 aliphatic heterocycles. The molecule has 0 N–H and O–H groups in total. The summed E-state index contributed by atoms with van der Waals surface area (Å²) in [6.07, 6.45) is 6.09. The summed E-state index contributed by atoms with van der Waals surface area (Å²) in [4.78, 5) is 0.875. The van der Waals surface area contributed by atoms with E-state index in [1.165, 1.54) is 0 Å². The maximum Gasteiger partial charge on any atom is 0.0755 e. The first-order valence-corrected chi connectivity index (χ1v) is 6.90. The molecule has 0 bridgehead atoms. The second-order valence-electron chi connectivity index (χ2n) is 3.58. The smallest absolute Gasteiger partial charge is 0.0755 e. The zero-order valence-corrected chi connectivity index (χ0v) is 9.45. The predicted octanol–water partition coefficient (Wildman–Crippen LogP) is 2.86. The molecule has 80 valence electrons. The van der Waals surface area contributed by atoms with Crippen LogP contribution in [0.25, 0.3) is 0 Å². The van der Waals surface area contributed by atoms with Crippen LogP contribution in [0.3, 0.4) is 0 Å². The Balaban J connectivity index is 2.40. The topological polar surface area (TPSA) is 29.4 Å². The first kappa shape index (κ1) is 10.4. The molecule has 0 fully saturated rings. The second-order valence-corrected chi connectivity index (χ2v) is 6.00. The van der Waals surface area contributed by atoms with Gasteiger partial charge in [0.25, 0.3) is 0 Å². The maximum absolute atomic E-state index is 12.6. The van der Waals surface area contributed by atoms with E-state index >= 15 is 0 Å². The molecule has 1 atom stereocenters. The third-order valence-corrected chi connectivity index (χ3v) is 4.88. The van der Waals surface area contributed by atoms with Crippen LogP contribution in [-0.4, -0.2) is 16.5 Å². The van der Waals surface area contributed by atoms with E-state index < -0.39 is 9.73 Å². The van der Waals surface area contributed by atoms with Crippen molar-refractivity contribution in [2.45, 2.75) is 17.7 Å². The zero-order valence-electron chi connectivity index (χ0n) is 8.63. The predicted molar refractivity (Wildman–Crippen MR) is 63.4 cm³/mol. The van der Waals surface area contributed by atoms with Crippen molar-refractivity contribution < 1.29 is 4.21 Å². The Morgan fingerprint density at radius 2 is 1.93 bits per heavy atom. The Bertz CT molecular complexity index is 456. The molecule has 1 aliphatic rings. The van der Waals surface area contributed by atoms with Gasteiger partial charge in [-0.15, -0.1) is 0 Å². The number of rotatable bonds is 1. The van der Waals surface area contributed by atoms with Crippen LogP contribution in [0.2, 0.25) is 0 Å². The van der Waals surface area contributed by atoms with E-state index in [4.69, 9.17) is 0 Å². The summed E-state index contributed by atoms with van der Waals surface area (Å²) in [5, 5.41) is 0. The maximum atomic E-state index is 12.6. The van der Waals surface area contributed by atoms with Gasteiger partial charge in [0.1, 0.15) is 0 Å². The molecule has 1 heterocycles. The molecule has 0 saturated heterocycles. The zero-order chi connectivity index (χ0) is 10.6. The normalized spacial score (nSPS) is 28.5. The number of hydrogen-bond donors (Lipinski definition) is 0. The molecule has 1 aromatic rings. The number of nitrogens with zero attached hydrogens (tertiary/aromatic N) is 1. The average molecular weight is 221 g/mol. The highest BCUT2D eigenvalue weighted by Gasteiger charge is 2.11. The number of hydrogen-bond acceptors (Lipinski definition) is 2. The van der Waals surface area contributed by atoms with E-state index in [9.17, 15) is 4.21 Å². The van der Waals surface area contributed by atoms with Crippen molar-refractivity contribution in [2.75, 3.05) is 12.3 Å². The van der Waals surface area contributed by atoms with Gasteiger partial charge < -0.3 is 0 Å². The van der Waals surface area contributed by atoms with E-state index in [0.29, 0.717) is 12.3 Å². The van der Waals surface area contributed by atoms with E-state index in [-0.39, 0.29) is 0 Å². The summed E-state index contributed by atoms with van der Waals surface area (Å²) in [5.74, 6) is 0.682. The van der Waals surface area contributed by atoms with Crippen LogP contribution in [0, 0.1) is 0 Å². The van der Waals surface area contributed by atoms with Crippen molar-refractivity contribution in [1.82, 2.24) is 0 Å². The molecule has 0 aromatic heterocycles. The summed E-state index contributed by atoms with van der Waals surface area (Å²) in [6, 6.07) is 9.61. The van der Waals surface area contributed by atoms with E-state index in [1.807, 2.05) is 36.4 Å². The minimum atomic E-state index is -2.15. The van der Waals surface area contributed by atoms with E-state index in [1.54, 1.807) is 0 Å². The monoisotopic (exact) mass is 221 g/mol. The standard InChI is InChI=1S/C12H15NOS/c14-15(12-8-4-3-5-9-12)11-7-2-1-6-10-13-15/h1,3-6,8-9H,2,7,10-11H2/b6-1-. The van der Waals surface area contributed by atoms with Crippen LogP contribution in [-0.2, 0) is 9.73 Å². The molecule has 1 unspecified atom stereocenters. The van der Waals surface area contributed by atoms with Gasteiger partial charge in [0.15, 0.2) is 0 Å². The lowest BCUT2D eigenvalue weighted by Crippen LogP contribution is -2.08. The minimum absolute atomic E-state index is 0.577. The van der Waals surface area contributed by atoms with Crippen LogP contribution in [0.1, 0.15) is 12.8 Å². The van der Waals surface area contributed by atoms with Gasteiger partial charge in [-0.2, -0.15) is 0 Å². The van der Waals surface area contributed by atoms with Crippen LogP contribution >= 0.6 is 0 Å². The lowest BCUT2D eigenvalue weighted by molar-refractivity contribution is 0.672. The van der Waals surface area contributed by atoms with Gasteiger partial charge in [0.05, 0.1) is 16.3 Å². The van der Waals surface area contributed by atoms with Crippen molar-refractivity contribution in [3.8, 4) is 0 Å². The van der Waals surface area contributed by atoms with E-state index in [2.05, 4.69) is 10.4 Å². The second kappa shape index (κ2) is 4.62. The van der Waals surface area contributed by atoms with Gasteiger partial charge in [-0.25, -0.2) is 8.57 Å². The summed E-state index contributed by atoms with van der Waals surface area (Å²) >= 11 is 0. The summed E-state index contributed by atoms with van der Waals surface area (Å²) < 4.78 is 16.9. The summed E-state index contributed by atoms with van der Waals surface area (Å²) in [6.45, 7) is 0.577. The van der Waals surface area contributed by atoms with Gasteiger partial charge >= 0.3 is 0 Å². The highest BCUT2D eigenvalue weighted by Crippen LogP contribution is 2.16. The van der Waals surface area contributed by atoms with Crippen LogP contribution in [0.4, 0.5) is 0 Å². The molecule has 0 saturated carbocycles. The van der Waals surface area contributed by atoms with Gasteiger partial charge in [0.2, 0.25) is 0 Å². The van der Waals surface area contributed by atoms with E-state index in [0.717, 1.165) is 17.7 Å². The third-order valence-electron chi connectivity index (χ3n) is 2.46. The van der Waals surface area contributed by atoms with Crippen LogP contribution in [0.15, 0.2) is 51.7 Å².